The van der Waals surface area contributed by atoms with E-state index in [9.17, 15) is 22.8 Å². The summed E-state index contributed by atoms with van der Waals surface area (Å²) in [6.45, 7) is 5.60. The number of halogens is 3. The van der Waals surface area contributed by atoms with Crippen LogP contribution >= 0.6 is 0 Å². The Balaban J connectivity index is 2.22. The minimum atomic E-state index is -4.48. The van der Waals surface area contributed by atoms with Gasteiger partial charge in [0.2, 0.25) is 5.91 Å². The van der Waals surface area contributed by atoms with Crippen LogP contribution in [-0.4, -0.2) is 26.8 Å². The van der Waals surface area contributed by atoms with Gasteiger partial charge in [-0.25, -0.2) is 9.48 Å². The van der Waals surface area contributed by atoms with Crippen molar-refractivity contribution >= 4 is 5.91 Å². The first-order chi connectivity index (χ1) is 11.9. The van der Waals surface area contributed by atoms with Gasteiger partial charge in [-0.3, -0.25) is 9.36 Å². The number of nitrogens with zero attached hydrogens (tertiary/aromatic N) is 3. The summed E-state index contributed by atoms with van der Waals surface area (Å²) in [5.74, 6) is -0.0390. The maximum atomic E-state index is 12.9. The van der Waals surface area contributed by atoms with Crippen LogP contribution in [0.2, 0.25) is 0 Å². The average Bonchev–Trinajstić information content (AvgIpc) is 2.82. The molecular formula is C17H21F3N4O2. The van der Waals surface area contributed by atoms with Crippen molar-refractivity contribution in [1.82, 2.24) is 19.7 Å². The fraction of sp³-hybridized carbons (Fsp3) is 0.471. The van der Waals surface area contributed by atoms with E-state index in [0.29, 0.717) is 0 Å². The van der Waals surface area contributed by atoms with Crippen molar-refractivity contribution in [3.63, 3.8) is 0 Å². The minimum Gasteiger partial charge on any atom is -0.354 e. The van der Waals surface area contributed by atoms with Gasteiger partial charge >= 0.3 is 11.9 Å². The first-order valence-corrected chi connectivity index (χ1v) is 8.01. The molecule has 1 aromatic heterocycles. The van der Waals surface area contributed by atoms with Crippen molar-refractivity contribution in [3.05, 3.63) is 40.3 Å². The number of hydrogen-bond donors (Lipinski definition) is 1. The molecule has 0 radical (unpaired) electrons. The molecule has 0 aliphatic heterocycles. The Kier molecular flexibility index (Phi) is 5.29. The first-order valence-electron chi connectivity index (χ1n) is 8.01. The molecule has 2 rings (SSSR count). The molecule has 6 nitrogen and oxygen atoms in total. The highest BCUT2D eigenvalue weighted by molar-refractivity contribution is 5.81. The van der Waals surface area contributed by atoms with Crippen molar-refractivity contribution < 1.29 is 18.0 Å². The molecule has 1 aromatic carbocycles. The molecule has 0 saturated carbocycles. The van der Waals surface area contributed by atoms with E-state index >= 15 is 0 Å². The van der Waals surface area contributed by atoms with E-state index in [1.165, 1.54) is 23.7 Å². The zero-order valence-corrected chi connectivity index (χ0v) is 15.0. The summed E-state index contributed by atoms with van der Waals surface area (Å²) in [5, 5.41) is 6.81. The van der Waals surface area contributed by atoms with E-state index in [2.05, 4.69) is 10.4 Å². The topological polar surface area (TPSA) is 68.9 Å². The molecule has 1 heterocycles. The van der Waals surface area contributed by atoms with Gasteiger partial charge in [0.1, 0.15) is 0 Å². The number of aromatic nitrogens is 3. The van der Waals surface area contributed by atoms with Gasteiger partial charge < -0.3 is 5.32 Å². The molecule has 0 aliphatic carbocycles. The Morgan fingerprint density at radius 1 is 1.23 bits per heavy atom. The van der Waals surface area contributed by atoms with E-state index in [-0.39, 0.29) is 30.4 Å². The zero-order valence-electron chi connectivity index (χ0n) is 15.0. The van der Waals surface area contributed by atoms with Crippen molar-refractivity contribution in [2.45, 2.75) is 33.5 Å². The van der Waals surface area contributed by atoms with Gasteiger partial charge in [0.15, 0.2) is 5.82 Å². The van der Waals surface area contributed by atoms with Crippen molar-refractivity contribution in [1.29, 1.82) is 0 Å². The number of amides is 1. The van der Waals surface area contributed by atoms with E-state index in [0.717, 1.165) is 16.8 Å². The molecule has 0 bridgehead atoms. The highest BCUT2D eigenvalue weighted by Crippen LogP contribution is 2.31. The predicted molar refractivity (Wildman–Crippen MR) is 90.4 cm³/mol. The van der Waals surface area contributed by atoms with Crippen LogP contribution in [0.4, 0.5) is 13.2 Å². The van der Waals surface area contributed by atoms with Crippen LogP contribution in [0.3, 0.4) is 0 Å². The van der Waals surface area contributed by atoms with Crippen LogP contribution < -0.4 is 11.0 Å². The van der Waals surface area contributed by atoms with Crippen molar-refractivity contribution in [2.75, 3.05) is 6.54 Å². The monoisotopic (exact) mass is 370 g/mol. The first kappa shape index (κ1) is 19.7. The standard InChI is InChI=1S/C17H21F3N4O2/c1-16(2,3)14(25)21-8-9-24-15(26)23(4)13(22-24)11-6-5-7-12(10-11)17(18,19)20/h5-7,10H,8-9H2,1-4H3,(H,21,25). The molecule has 1 amide bonds. The predicted octanol–water partition coefficient (Wildman–Crippen LogP) is 2.43. The van der Waals surface area contributed by atoms with Crippen molar-refractivity contribution in [3.8, 4) is 11.4 Å². The summed E-state index contributed by atoms with van der Waals surface area (Å²) in [5.41, 5.74) is -1.65. The fourth-order valence-electron chi connectivity index (χ4n) is 2.26. The van der Waals surface area contributed by atoms with E-state index < -0.39 is 22.8 Å². The Morgan fingerprint density at radius 2 is 1.88 bits per heavy atom. The van der Waals surface area contributed by atoms with Gasteiger partial charge in [-0.2, -0.15) is 13.2 Å². The van der Waals surface area contributed by atoms with Gasteiger partial charge in [0.05, 0.1) is 12.1 Å². The second-order valence-electron chi connectivity index (χ2n) is 6.97. The van der Waals surface area contributed by atoms with Gasteiger partial charge in [-0.15, -0.1) is 5.10 Å². The lowest BCUT2D eigenvalue weighted by Gasteiger charge is -2.17. The second-order valence-corrected chi connectivity index (χ2v) is 6.97. The van der Waals surface area contributed by atoms with Gasteiger partial charge in [0, 0.05) is 24.6 Å². The quantitative estimate of drug-likeness (QED) is 0.899. The lowest BCUT2D eigenvalue weighted by atomic mass is 9.96. The van der Waals surface area contributed by atoms with Crippen LogP contribution in [0.5, 0.6) is 0 Å². The van der Waals surface area contributed by atoms with Crippen LogP contribution in [0.1, 0.15) is 26.3 Å². The summed E-state index contributed by atoms with van der Waals surface area (Å²) in [7, 11) is 1.44. The number of alkyl halides is 3. The third kappa shape index (κ3) is 4.33. The minimum absolute atomic E-state index is 0.119. The number of benzene rings is 1. The summed E-state index contributed by atoms with van der Waals surface area (Å²) < 4.78 is 40.9. The molecular weight excluding hydrogens is 349 g/mol. The second kappa shape index (κ2) is 6.97. The highest BCUT2D eigenvalue weighted by Gasteiger charge is 2.31. The number of rotatable bonds is 4. The number of nitrogens with one attached hydrogen (secondary N) is 1. The zero-order chi connectivity index (χ0) is 19.7. The van der Waals surface area contributed by atoms with Gasteiger partial charge in [-0.1, -0.05) is 32.9 Å². The van der Waals surface area contributed by atoms with Crippen LogP contribution in [-0.2, 0) is 24.6 Å². The maximum Gasteiger partial charge on any atom is 0.416 e. The van der Waals surface area contributed by atoms with E-state index in [4.69, 9.17) is 0 Å². The average molecular weight is 370 g/mol. The fourth-order valence-corrected chi connectivity index (χ4v) is 2.26. The Hall–Kier alpha value is -2.58. The van der Waals surface area contributed by atoms with Gasteiger partial charge in [-0.05, 0) is 12.1 Å². The number of carbonyl (C=O) groups excluding carboxylic acids is 1. The summed E-state index contributed by atoms with van der Waals surface area (Å²) in [6, 6.07) is 4.64. The maximum absolute atomic E-state index is 12.9. The third-order valence-corrected chi connectivity index (χ3v) is 3.78. The highest BCUT2D eigenvalue weighted by atomic mass is 19.4. The van der Waals surface area contributed by atoms with Crippen molar-refractivity contribution in [2.24, 2.45) is 12.5 Å². The van der Waals surface area contributed by atoms with E-state index in [1.807, 2.05) is 0 Å². The SMILES string of the molecule is Cn1c(-c2cccc(C(F)(F)F)c2)nn(CCNC(=O)C(C)(C)C)c1=O. The molecule has 1 N–H and O–H groups in total. The van der Waals surface area contributed by atoms with Crippen LogP contribution in [0, 0.1) is 5.41 Å². The molecule has 142 valence electrons. The number of carbonyl (C=O) groups is 1. The normalized spacial score (nSPS) is 12.3. The molecule has 2 aromatic rings. The largest absolute Gasteiger partial charge is 0.416 e. The summed E-state index contributed by atoms with van der Waals surface area (Å²) in [4.78, 5) is 24.1. The summed E-state index contributed by atoms with van der Waals surface area (Å²) in [6.07, 6.45) is -4.48. The lowest BCUT2D eigenvalue weighted by molar-refractivity contribution is -0.137. The Morgan fingerprint density at radius 3 is 2.46 bits per heavy atom. The van der Waals surface area contributed by atoms with Crippen LogP contribution in [0.15, 0.2) is 29.1 Å². The Bertz CT molecular complexity index is 860. The summed E-state index contributed by atoms with van der Waals surface area (Å²) >= 11 is 0. The molecule has 0 saturated heterocycles. The molecule has 26 heavy (non-hydrogen) atoms. The molecule has 0 aliphatic rings. The van der Waals surface area contributed by atoms with Crippen LogP contribution in [0.25, 0.3) is 11.4 Å². The van der Waals surface area contributed by atoms with E-state index in [1.54, 1.807) is 20.8 Å². The lowest BCUT2D eigenvalue weighted by Crippen LogP contribution is -2.38. The third-order valence-electron chi connectivity index (χ3n) is 3.78. The molecule has 0 atom stereocenters. The smallest absolute Gasteiger partial charge is 0.354 e. The molecule has 0 spiro atoms. The molecule has 0 fully saturated rings. The molecule has 0 unspecified atom stereocenters. The molecule has 9 heteroatoms. The van der Waals surface area contributed by atoms with Gasteiger partial charge in [0.25, 0.3) is 0 Å². The Labute approximate surface area is 148 Å². The number of hydrogen-bond acceptors (Lipinski definition) is 3.